The van der Waals surface area contributed by atoms with E-state index in [1.165, 1.54) is 18.2 Å². The Kier molecular flexibility index (Phi) is 4.17. The van der Waals surface area contributed by atoms with E-state index in [0.717, 1.165) is 25.0 Å². The summed E-state index contributed by atoms with van der Waals surface area (Å²) in [4.78, 5) is 5.69. The van der Waals surface area contributed by atoms with Gasteiger partial charge in [0.15, 0.2) is 5.60 Å². The summed E-state index contributed by atoms with van der Waals surface area (Å²) >= 11 is 0. The molecule has 3 rings (SSSR count). The molecule has 1 aliphatic heterocycles. The van der Waals surface area contributed by atoms with Gasteiger partial charge in [-0.15, -0.1) is 0 Å². The lowest BCUT2D eigenvalue weighted by Gasteiger charge is -2.35. The second-order valence-electron chi connectivity index (χ2n) is 7.53. The summed E-state index contributed by atoms with van der Waals surface area (Å²) in [5.74, 6) is -0.757. The number of hydrogen-bond acceptors (Lipinski definition) is 3. The van der Waals surface area contributed by atoms with Gasteiger partial charge in [0, 0.05) is 16.9 Å². The van der Waals surface area contributed by atoms with Crippen LogP contribution < -0.4 is 0 Å². The molecule has 2 aliphatic rings. The molecule has 23 heavy (non-hydrogen) atoms. The summed E-state index contributed by atoms with van der Waals surface area (Å²) in [7, 11) is 0. The molecule has 2 unspecified atom stereocenters. The molecule has 1 saturated carbocycles. The molecule has 1 aromatic rings. The van der Waals surface area contributed by atoms with Gasteiger partial charge in [0.05, 0.1) is 18.9 Å². The van der Waals surface area contributed by atoms with Crippen LogP contribution in [0.5, 0.6) is 0 Å². The Morgan fingerprint density at radius 3 is 2.65 bits per heavy atom. The van der Waals surface area contributed by atoms with Gasteiger partial charge in [-0.25, -0.2) is 8.78 Å². The highest BCUT2D eigenvalue weighted by molar-refractivity contribution is 5.93. The maximum Gasteiger partial charge on any atom is 0.158 e. The Morgan fingerprint density at radius 1 is 1.26 bits per heavy atom. The van der Waals surface area contributed by atoms with Crippen LogP contribution in [0, 0.1) is 23.0 Å². The molecule has 1 heterocycles. The number of halogens is 2. The SMILES string of the molecule is CC1(COCc2c(F)cccc2F)CC2CCC(C)(C)C2=NO1. The number of benzene rings is 1. The largest absolute Gasteiger partial charge is 0.387 e. The van der Waals surface area contributed by atoms with Gasteiger partial charge < -0.3 is 9.57 Å². The van der Waals surface area contributed by atoms with E-state index in [1.54, 1.807) is 0 Å². The standard InChI is InChI=1S/C18H23F2NO2/c1-17(2)8-7-12-9-18(3,23-21-16(12)17)11-22-10-13-14(19)5-4-6-15(13)20/h4-6,12H,7-11H2,1-3H3. The van der Waals surface area contributed by atoms with Crippen LogP contribution in [-0.4, -0.2) is 17.9 Å². The van der Waals surface area contributed by atoms with Crippen molar-refractivity contribution in [2.45, 2.75) is 52.2 Å². The van der Waals surface area contributed by atoms with Crippen molar-refractivity contribution in [2.75, 3.05) is 6.61 Å². The van der Waals surface area contributed by atoms with Crippen LogP contribution in [0.15, 0.2) is 23.4 Å². The maximum absolute atomic E-state index is 13.6. The molecule has 5 heteroatoms. The fraction of sp³-hybridized carbons (Fsp3) is 0.611. The lowest BCUT2D eigenvalue weighted by molar-refractivity contribution is -0.107. The predicted octanol–water partition coefficient (Wildman–Crippen LogP) is 4.45. The molecule has 0 bridgehead atoms. The van der Waals surface area contributed by atoms with Gasteiger partial charge in [-0.2, -0.15) is 0 Å². The minimum absolute atomic E-state index is 0.0434. The van der Waals surface area contributed by atoms with Crippen LogP contribution in [0.1, 0.15) is 45.6 Å². The first-order valence-electron chi connectivity index (χ1n) is 8.08. The summed E-state index contributed by atoms with van der Waals surface area (Å²) in [6.07, 6.45) is 3.04. The van der Waals surface area contributed by atoms with Gasteiger partial charge in [0.25, 0.3) is 0 Å². The summed E-state index contributed by atoms with van der Waals surface area (Å²) < 4.78 is 32.7. The molecule has 0 amide bonds. The third kappa shape index (κ3) is 3.25. The number of rotatable bonds is 4. The molecular weight excluding hydrogens is 300 g/mol. The molecule has 1 aliphatic carbocycles. The molecule has 126 valence electrons. The monoisotopic (exact) mass is 323 g/mol. The van der Waals surface area contributed by atoms with Crippen LogP contribution in [0.4, 0.5) is 8.78 Å². The Hall–Kier alpha value is -1.49. The Labute approximate surface area is 135 Å². The van der Waals surface area contributed by atoms with Crippen molar-refractivity contribution in [2.24, 2.45) is 16.5 Å². The molecule has 1 fully saturated rings. The quantitative estimate of drug-likeness (QED) is 0.819. The summed E-state index contributed by atoms with van der Waals surface area (Å²) in [6.45, 7) is 6.47. The smallest absolute Gasteiger partial charge is 0.158 e. The van der Waals surface area contributed by atoms with Gasteiger partial charge in [0.2, 0.25) is 0 Å². The van der Waals surface area contributed by atoms with Gasteiger partial charge in [-0.3, -0.25) is 0 Å². The number of ether oxygens (including phenoxy) is 1. The molecule has 2 atom stereocenters. The van der Waals surface area contributed by atoms with Crippen molar-refractivity contribution in [3.63, 3.8) is 0 Å². The van der Waals surface area contributed by atoms with Crippen molar-refractivity contribution in [3.8, 4) is 0 Å². The summed E-state index contributed by atoms with van der Waals surface area (Å²) in [5, 5.41) is 4.35. The van der Waals surface area contributed by atoms with E-state index in [4.69, 9.17) is 9.57 Å². The van der Waals surface area contributed by atoms with Crippen LogP contribution in [-0.2, 0) is 16.2 Å². The lowest BCUT2D eigenvalue weighted by atomic mass is 9.83. The fourth-order valence-corrected chi connectivity index (χ4v) is 3.59. The zero-order chi connectivity index (χ0) is 16.7. The average molecular weight is 323 g/mol. The predicted molar refractivity (Wildman–Crippen MR) is 84.1 cm³/mol. The van der Waals surface area contributed by atoms with E-state index in [-0.39, 0.29) is 24.2 Å². The van der Waals surface area contributed by atoms with Crippen molar-refractivity contribution < 1.29 is 18.4 Å². The topological polar surface area (TPSA) is 30.8 Å². The van der Waals surface area contributed by atoms with E-state index in [9.17, 15) is 8.78 Å². The second kappa shape index (κ2) is 5.86. The summed E-state index contributed by atoms with van der Waals surface area (Å²) in [5.41, 5.74) is 0.646. The third-order valence-electron chi connectivity index (χ3n) is 4.96. The molecule has 1 aromatic carbocycles. The number of nitrogens with zero attached hydrogens (tertiary/aromatic N) is 1. The number of hydrogen-bond donors (Lipinski definition) is 0. The van der Waals surface area contributed by atoms with Gasteiger partial charge in [0.1, 0.15) is 11.6 Å². The van der Waals surface area contributed by atoms with Crippen molar-refractivity contribution in [3.05, 3.63) is 35.4 Å². The molecule has 0 spiro atoms. The minimum Gasteiger partial charge on any atom is -0.387 e. The van der Waals surface area contributed by atoms with Crippen LogP contribution in [0.2, 0.25) is 0 Å². The highest BCUT2D eigenvalue weighted by Gasteiger charge is 2.46. The summed E-state index contributed by atoms with van der Waals surface area (Å²) in [6, 6.07) is 3.81. The molecular formula is C18H23F2NO2. The highest BCUT2D eigenvalue weighted by atomic mass is 19.1. The van der Waals surface area contributed by atoms with E-state index < -0.39 is 17.2 Å². The first-order chi connectivity index (χ1) is 10.8. The van der Waals surface area contributed by atoms with Crippen molar-refractivity contribution in [1.82, 2.24) is 0 Å². The molecule has 3 nitrogen and oxygen atoms in total. The number of oxime groups is 1. The second-order valence-corrected chi connectivity index (χ2v) is 7.53. The van der Waals surface area contributed by atoms with Crippen LogP contribution in [0.3, 0.4) is 0 Å². The van der Waals surface area contributed by atoms with E-state index in [1.807, 2.05) is 6.92 Å². The first kappa shape index (κ1) is 16.4. The minimum atomic E-state index is -0.586. The van der Waals surface area contributed by atoms with Crippen molar-refractivity contribution >= 4 is 5.71 Å². The van der Waals surface area contributed by atoms with Crippen LogP contribution >= 0.6 is 0 Å². The molecule has 0 radical (unpaired) electrons. The maximum atomic E-state index is 13.6. The Bertz CT molecular complexity index is 609. The van der Waals surface area contributed by atoms with Gasteiger partial charge in [-0.05, 0) is 38.3 Å². The molecule has 0 N–H and O–H groups in total. The normalized spacial score (nSPS) is 28.9. The molecule has 0 aromatic heterocycles. The van der Waals surface area contributed by atoms with E-state index >= 15 is 0 Å². The fourth-order valence-electron chi connectivity index (χ4n) is 3.59. The Balaban J connectivity index is 1.61. The van der Waals surface area contributed by atoms with Crippen molar-refractivity contribution in [1.29, 1.82) is 0 Å². The van der Waals surface area contributed by atoms with Gasteiger partial charge in [-0.1, -0.05) is 25.1 Å². The average Bonchev–Trinajstić information content (AvgIpc) is 2.77. The zero-order valence-electron chi connectivity index (χ0n) is 13.9. The van der Waals surface area contributed by atoms with E-state index in [2.05, 4.69) is 19.0 Å². The van der Waals surface area contributed by atoms with E-state index in [0.29, 0.717) is 5.92 Å². The highest BCUT2D eigenvalue weighted by Crippen LogP contribution is 2.45. The molecule has 0 saturated heterocycles. The zero-order valence-corrected chi connectivity index (χ0v) is 13.9. The third-order valence-corrected chi connectivity index (χ3v) is 4.96. The van der Waals surface area contributed by atoms with Gasteiger partial charge >= 0.3 is 0 Å². The van der Waals surface area contributed by atoms with Crippen LogP contribution in [0.25, 0.3) is 0 Å². The first-order valence-corrected chi connectivity index (χ1v) is 8.08. The number of fused-ring (bicyclic) bond motifs is 1. The Morgan fingerprint density at radius 2 is 1.96 bits per heavy atom. The lowest BCUT2D eigenvalue weighted by Crippen LogP contribution is -2.41.